The predicted molar refractivity (Wildman–Crippen MR) is 104 cm³/mol. The second-order valence-corrected chi connectivity index (χ2v) is 6.16. The number of aliphatic imine (C=N–C) groups is 1. The van der Waals surface area contributed by atoms with Gasteiger partial charge in [-0.2, -0.15) is 0 Å². The predicted octanol–water partition coefficient (Wildman–Crippen LogP) is 2.04. The maximum absolute atomic E-state index is 12.1. The molecule has 140 valence electrons. The zero-order chi connectivity index (χ0) is 19.1. The molecule has 1 aromatic carbocycles. The number of H-pyrrole nitrogens is 1. The molecule has 1 aromatic heterocycles. The van der Waals surface area contributed by atoms with E-state index in [0.717, 1.165) is 30.6 Å². The molecule has 0 saturated heterocycles. The van der Waals surface area contributed by atoms with Gasteiger partial charge in [-0.3, -0.25) is 14.8 Å². The Labute approximate surface area is 156 Å². The summed E-state index contributed by atoms with van der Waals surface area (Å²) in [7, 11) is 0. The first-order chi connectivity index (χ1) is 12.5. The number of hydrogen-bond donors (Lipinski definition) is 2. The van der Waals surface area contributed by atoms with Crippen LogP contribution in [0.15, 0.2) is 38.8 Å². The zero-order valence-corrected chi connectivity index (χ0v) is 15.7. The van der Waals surface area contributed by atoms with E-state index >= 15 is 0 Å². The summed E-state index contributed by atoms with van der Waals surface area (Å²) in [5.41, 5.74) is -1.13. The molecule has 0 aliphatic carbocycles. The first-order valence-corrected chi connectivity index (χ1v) is 8.92. The quantitative estimate of drug-likeness (QED) is 0.543. The molecule has 0 atom stereocenters. The smallest absolute Gasteiger partial charge is 0.335 e. The number of benzene rings is 1. The highest BCUT2D eigenvalue weighted by atomic mass is 35.5. The van der Waals surface area contributed by atoms with E-state index in [9.17, 15) is 14.7 Å². The van der Waals surface area contributed by atoms with Gasteiger partial charge in [0.2, 0.25) is 5.88 Å². The molecule has 0 aliphatic rings. The van der Waals surface area contributed by atoms with Crippen LogP contribution in [0.1, 0.15) is 25.8 Å². The fraction of sp³-hybridized carbons (Fsp3) is 0.389. The van der Waals surface area contributed by atoms with E-state index < -0.39 is 17.1 Å². The van der Waals surface area contributed by atoms with Crippen LogP contribution in [0.5, 0.6) is 5.88 Å². The fourth-order valence-corrected chi connectivity index (χ4v) is 2.78. The van der Waals surface area contributed by atoms with Crippen molar-refractivity contribution in [1.82, 2.24) is 14.5 Å². The molecule has 0 fully saturated rings. The molecule has 2 rings (SSSR count). The van der Waals surface area contributed by atoms with Gasteiger partial charge in [-0.15, -0.1) is 0 Å². The molecular weight excluding hydrogens is 356 g/mol. The summed E-state index contributed by atoms with van der Waals surface area (Å²) >= 11 is 5.94. The molecule has 0 spiro atoms. The van der Waals surface area contributed by atoms with Crippen LogP contribution in [-0.4, -0.2) is 52.0 Å². The molecular formula is C18H23ClN4O3. The van der Waals surface area contributed by atoms with Crippen molar-refractivity contribution in [3.05, 3.63) is 55.7 Å². The first kappa shape index (κ1) is 19.9. The molecule has 2 aromatic rings. The average molecular weight is 379 g/mol. The highest BCUT2D eigenvalue weighted by Crippen LogP contribution is 2.18. The molecule has 0 bridgehead atoms. The van der Waals surface area contributed by atoms with Crippen molar-refractivity contribution in [1.29, 1.82) is 0 Å². The Balaban J connectivity index is 2.24. The van der Waals surface area contributed by atoms with E-state index in [4.69, 9.17) is 11.6 Å². The fourth-order valence-electron chi connectivity index (χ4n) is 2.59. The monoisotopic (exact) mass is 378 g/mol. The summed E-state index contributed by atoms with van der Waals surface area (Å²) in [5.74, 6) is -0.464. The third-order valence-corrected chi connectivity index (χ3v) is 4.30. The number of nitrogens with one attached hydrogen (secondary N) is 1. The van der Waals surface area contributed by atoms with Crippen molar-refractivity contribution in [2.24, 2.45) is 4.99 Å². The highest BCUT2D eigenvalue weighted by molar-refractivity contribution is 6.30. The largest absolute Gasteiger partial charge is 0.493 e. The maximum Gasteiger partial charge on any atom is 0.335 e. The highest BCUT2D eigenvalue weighted by Gasteiger charge is 2.14. The number of aromatic amines is 1. The van der Waals surface area contributed by atoms with E-state index in [1.54, 1.807) is 18.2 Å². The lowest BCUT2D eigenvalue weighted by atomic mass is 10.3. The summed E-state index contributed by atoms with van der Waals surface area (Å²) in [6.07, 6.45) is 2.14. The van der Waals surface area contributed by atoms with Crippen LogP contribution in [-0.2, 0) is 0 Å². The lowest BCUT2D eigenvalue weighted by molar-refractivity contribution is 0.302. The molecule has 26 heavy (non-hydrogen) atoms. The number of hydrogen-bond acceptors (Lipinski definition) is 5. The Morgan fingerprint density at radius 3 is 2.69 bits per heavy atom. The Morgan fingerprint density at radius 2 is 2.04 bits per heavy atom. The molecule has 0 aliphatic heterocycles. The lowest BCUT2D eigenvalue weighted by Gasteiger charge is -2.16. The van der Waals surface area contributed by atoms with Gasteiger partial charge in [0, 0.05) is 17.8 Å². The van der Waals surface area contributed by atoms with E-state index in [2.05, 4.69) is 28.7 Å². The van der Waals surface area contributed by atoms with Crippen molar-refractivity contribution in [3.8, 4) is 11.6 Å². The molecule has 0 amide bonds. The maximum atomic E-state index is 12.1. The van der Waals surface area contributed by atoms with Crippen LogP contribution in [0.2, 0.25) is 5.02 Å². The number of aromatic hydroxyl groups is 1. The molecule has 0 unspecified atom stereocenters. The van der Waals surface area contributed by atoms with Crippen LogP contribution in [0.4, 0.5) is 0 Å². The SMILES string of the molecule is CCN(CC)CCCN=Cc1c(O)n(-c2cccc(Cl)c2)c(=O)[nH]c1=O. The molecule has 0 saturated carbocycles. The van der Waals surface area contributed by atoms with E-state index in [1.165, 1.54) is 12.3 Å². The summed E-state index contributed by atoms with van der Waals surface area (Å²) in [4.78, 5) is 32.8. The van der Waals surface area contributed by atoms with Gasteiger partial charge >= 0.3 is 5.69 Å². The summed E-state index contributed by atoms with van der Waals surface area (Å²) in [5, 5.41) is 10.8. The van der Waals surface area contributed by atoms with Crippen LogP contribution in [0.3, 0.4) is 0 Å². The van der Waals surface area contributed by atoms with Crippen molar-refractivity contribution >= 4 is 17.8 Å². The Kier molecular flexibility index (Phi) is 7.17. The second-order valence-electron chi connectivity index (χ2n) is 5.73. The van der Waals surface area contributed by atoms with E-state index in [1.807, 2.05) is 0 Å². The molecule has 1 heterocycles. The van der Waals surface area contributed by atoms with E-state index in [-0.39, 0.29) is 5.56 Å². The molecule has 0 radical (unpaired) electrons. The van der Waals surface area contributed by atoms with Gasteiger partial charge in [0.05, 0.1) is 5.69 Å². The van der Waals surface area contributed by atoms with Crippen LogP contribution >= 0.6 is 11.6 Å². The Hall–Kier alpha value is -2.38. The molecule has 2 N–H and O–H groups in total. The number of rotatable bonds is 8. The van der Waals surface area contributed by atoms with Crippen molar-refractivity contribution in [2.45, 2.75) is 20.3 Å². The molecule has 7 nitrogen and oxygen atoms in total. The van der Waals surface area contributed by atoms with Gasteiger partial charge in [-0.1, -0.05) is 31.5 Å². The third kappa shape index (κ3) is 4.83. The Morgan fingerprint density at radius 1 is 1.31 bits per heavy atom. The normalized spacial score (nSPS) is 11.5. The van der Waals surface area contributed by atoms with E-state index in [0.29, 0.717) is 17.3 Å². The van der Waals surface area contributed by atoms with Crippen molar-refractivity contribution in [3.63, 3.8) is 0 Å². The summed E-state index contributed by atoms with van der Waals surface area (Å²) < 4.78 is 0.991. The van der Waals surface area contributed by atoms with Gasteiger partial charge in [0.25, 0.3) is 5.56 Å². The third-order valence-electron chi connectivity index (χ3n) is 4.06. The van der Waals surface area contributed by atoms with Crippen LogP contribution in [0, 0.1) is 0 Å². The minimum absolute atomic E-state index is 0.0626. The summed E-state index contributed by atoms with van der Waals surface area (Å²) in [6, 6.07) is 6.43. The zero-order valence-electron chi connectivity index (χ0n) is 14.9. The Bertz CT molecular complexity index is 885. The van der Waals surface area contributed by atoms with Crippen LogP contribution < -0.4 is 11.2 Å². The minimum atomic E-state index is -0.742. The van der Waals surface area contributed by atoms with Gasteiger partial charge in [-0.05, 0) is 44.3 Å². The van der Waals surface area contributed by atoms with Gasteiger partial charge < -0.3 is 10.0 Å². The van der Waals surface area contributed by atoms with Crippen molar-refractivity contribution < 1.29 is 5.11 Å². The summed E-state index contributed by atoms with van der Waals surface area (Å²) in [6.45, 7) is 7.59. The van der Waals surface area contributed by atoms with Gasteiger partial charge in [-0.25, -0.2) is 9.36 Å². The van der Waals surface area contributed by atoms with Gasteiger partial charge in [0.15, 0.2) is 0 Å². The minimum Gasteiger partial charge on any atom is -0.493 e. The lowest BCUT2D eigenvalue weighted by Crippen LogP contribution is -2.31. The number of nitrogens with zero attached hydrogens (tertiary/aromatic N) is 3. The number of aromatic nitrogens is 2. The standard InChI is InChI=1S/C18H23ClN4O3/c1-3-22(4-2)10-6-9-20-12-15-16(24)21-18(26)23(17(15)25)14-8-5-7-13(19)11-14/h5,7-8,11-12,25H,3-4,6,9-10H2,1-2H3,(H,21,24,26). The topological polar surface area (TPSA) is 90.7 Å². The number of halogens is 1. The average Bonchev–Trinajstić information content (AvgIpc) is 2.60. The van der Waals surface area contributed by atoms with Crippen molar-refractivity contribution in [2.75, 3.05) is 26.2 Å². The second kappa shape index (κ2) is 9.35. The van der Waals surface area contributed by atoms with Gasteiger partial charge in [0.1, 0.15) is 5.56 Å². The first-order valence-electron chi connectivity index (χ1n) is 8.54. The molecule has 8 heteroatoms. The van der Waals surface area contributed by atoms with Crippen LogP contribution in [0.25, 0.3) is 5.69 Å².